The van der Waals surface area contributed by atoms with Crippen LogP contribution in [0.5, 0.6) is 0 Å². The molecule has 4 aromatic rings. The van der Waals surface area contributed by atoms with Gasteiger partial charge >= 0.3 is 0 Å². The maximum Gasteiger partial charge on any atom is 0.0991 e. The van der Waals surface area contributed by atoms with Crippen molar-refractivity contribution in [3.63, 3.8) is 0 Å². The summed E-state index contributed by atoms with van der Waals surface area (Å²) in [5.74, 6) is 0. The number of benzene rings is 2. The third-order valence-electron chi connectivity index (χ3n) is 3.14. The third-order valence-corrected chi connectivity index (χ3v) is 3.14. The first kappa shape index (κ1) is 12.1. The van der Waals surface area contributed by atoms with Gasteiger partial charge in [-0.05, 0) is 41.8 Å². The molecule has 2 aromatic carbocycles. The van der Waals surface area contributed by atoms with Crippen LogP contribution < -0.4 is 0 Å². The number of nitrogens with one attached hydrogen (secondary N) is 2. The third kappa shape index (κ3) is 2.40. The Morgan fingerprint density at radius 2 is 1.45 bits per heavy atom. The van der Waals surface area contributed by atoms with Crippen molar-refractivity contribution in [3.05, 3.63) is 72.6 Å². The molecule has 0 bridgehead atoms. The molecule has 0 atom stereocenters. The largest absolute Gasteiger partial charge is 0.361 e. The summed E-state index contributed by atoms with van der Waals surface area (Å²) < 4.78 is 0. The van der Waals surface area contributed by atoms with Crippen molar-refractivity contribution in [1.29, 1.82) is 5.26 Å². The first-order chi connectivity index (χ1) is 9.86. The van der Waals surface area contributed by atoms with E-state index in [1.54, 1.807) is 6.07 Å². The quantitative estimate of drug-likeness (QED) is 0.488. The van der Waals surface area contributed by atoms with Gasteiger partial charge in [-0.1, -0.05) is 18.2 Å². The zero-order chi connectivity index (χ0) is 13.8. The lowest BCUT2D eigenvalue weighted by Crippen LogP contribution is -1.71. The van der Waals surface area contributed by atoms with Crippen molar-refractivity contribution in [2.45, 2.75) is 0 Å². The SMILES string of the molecule is N#Cc1ccc2[nH]ccc2c1.c1ccc2[nH]ccc2c1. The van der Waals surface area contributed by atoms with Gasteiger partial charge in [0.05, 0.1) is 11.6 Å². The van der Waals surface area contributed by atoms with Crippen LogP contribution in [-0.4, -0.2) is 9.97 Å². The summed E-state index contributed by atoms with van der Waals surface area (Å²) in [5.41, 5.74) is 2.98. The minimum Gasteiger partial charge on any atom is -0.361 e. The van der Waals surface area contributed by atoms with Crippen LogP contribution in [0.15, 0.2) is 67.0 Å². The highest BCUT2D eigenvalue weighted by molar-refractivity contribution is 5.80. The minimum atomic E-state index is 0.706. The molecule has 2 aromatic heterocycles. The zero-order valence-corrected chi connectivity index (χ0v) is 10.8. The van der Waals surface area contributed by atoms with E-state index in [0.717, 1.165) is 10.9 Å². The Hall–Kier alpha value is -2.99. The molecule has 0 spiro atoms. The Morgan fingerprint density at radius 3 is 2.20 bits per heavy atom. The summed E-state index contributed by atoms with van der Waals surface area (Å²) in [6.07, 6.45) is 3.82. The fourth-order valence-corrected chi connectivity index (χ4v) is 2.12. The Kier molecular flexibility index (Phi) is 3.22. The molecule has 0 radical (unpaired) electrons. The number of nitriles is 1. The lowest BCUT2D eigenvalue weighted by atomic mass is 10.2. The molecule has 4 rings (SSSR count). The molecule has 0 unspecified atom stereocenters. The normalized spacial score (nSPS) is 9.95. The molecule has 96 valence electrons. The van der Waals surface area contributed by atoms with E-state index in [-0.39, 0.29) is 0 Å². The molecule has 0 aliphatic heterocycles. The fraction of sp³-hybridized carbons (Fsp3) is 0. The van der Waals surface area contributed by atoms with Gasteiger partial charge in [-0.2, -0.15) is 5.26 Å². The summed E-state index contributed by atoms with van der Waals surface area (Å²) in [6, 6.07) is 19.9. The van der Waals surface area contributed by atoms with Crippen molar-refractivity contribution >= 4 is 21.8 Å². The predicted molar refractivity (Wildman–Crippen MR) is 81.3 cm³/mol. The molecule has 2 N–H and O–H groups in total. The smallest absolute Gasteiger partial charge is 0.0991 e. The van der Waals surface area contributed by atoms with E-state index in [9.17, 15) is 0 Å². The van der Waals surface area contributed by atoms with Gasteiger partial charge in [0.2, 0.25) is 0 Å². The highest BCUT2D eigenvalue weighted by Crippen LogP contribution is 2.13. The Labute approximate surface area is 116 Å². The summed E-state index contributed by atoms with van der Waals surface area (Å²) in [5, 5.41) is 10.9. The average Bonchev–Trinajstić information content (AvgIpc) is 3.15. The minimum absolute atomic E-state index is 0.706. The maximum absolute atomic E-state index is 8.57. The molecule has 2 heterocycles. The molecule has 3 nitrogen and oxygen atoms in total. The molecule has 0 saturated heterocycles. The number of hydrogen-bond donors (Lipinski definition) is 2. The first-order valence-corrected chi connectivity index (χ1v) is 6.36. The van der Waals surface area contributed by atoms with E-state index in [1.165, 1.54) is 10.9 Å². The molecule has 0 aliphatic rings. The van der Waals surface area contributed by atoms with Crippen molar-refractivity contribution in [2.24, 2.45) is 0 Å². The van der Waals surface area contributed by atoms with Gasteiger partial charge in [0.25, 0.3) is 0 Å². The number of aromatic nitrogens is 2. The number of hydrogen-bond acceptors (Lipinski definition) is 1. The number of rotatable bonds is 0. The monoisotopic (exact) mass is 259 g/mol. The second-order valence-corrected chi connectivity index (χ2v) is 4.46. The Morgan fingerprint density at radius 1 is 0.750 bits per heavy atom. The predicted octanol–water partition coefficient (Wildman–Crippen LogP) is 4.21. The highest BCUT2D eigenvalue weighted by atomic mass is 14.7. The van der Waals surface area contributed by atoms with Crippen LogP contribution in [-0.2, 0) is 0 Å². The molecule has 0 amide bonds. The molecule has 3 heteroatoms. The standard InChI is InChI=1S/C9H6N2.C8H7N/c10-6-7-1-2-9-8(5-7)3-4-11-9;1-2-4-8-7(3-1)5-6-9-8/h1-5,11H;1-6,9H. The van der Waals surface area contributed by atoms with Crippen molar-refractivity contribution in [3.8, 4) is 6.07 Å². The van der Waals surface area contributed by atoms with Crippen molar-refractivity contribution < 1.29 is 0 Å². The highest BCUT2D eigenvalue weighted by Gasteiger charge is 1.94. The number of nitrogens with zero attached hydrogens (tertiary/aromatic N) is 1. The van der Waals surface area contributed by atoms with Crippen LogP contribution in [0.2, 0.25) is 0 Å². The van der Waals surface area contributed by atoms with Crippen LogP contribution in [0.4, 0.5) is 0 Å². The summed E-state index contributed by atoms with van der Waals surface area (Å²) in [6.45, 7) is 0. The average molecular weight is 259 g/mol. The number of H-pyrrole nitrogens is 2. The summed E-state index contributed by atoms with van der Waals surface area (Å²) in [7, 11) is 0. The van der Waals surface area contributed by atoms with Crippen LogP contribution in [0.1, 0.15) is 5.56 Å². The van der Waals surface area contributed by atoms with Crippen molar-refractivity contribution in [1.82, 2.24) is 9.97 Å². The molecule has 0 fully saturated rings. The van der Waals surface area contributed by atoms with Gasteiger partial charge in [0.1, 0.15) is 0 Å². The van der Waals surface area contributed by atoms with Crippen LogP contribution >= 0.6 is 0 Å². The number of aromatic amines is 2. The van der Waals surface area contributed by atoms with Crippen LogP contribution in [0, 0.1) is 11.3 Å². The lowest BCUT2D eigenvalue weighted by Gasteiger charge is -1.88. The van der Waals surface area contributed by atoms with Crippen molar-refractivity contribution in [2.75, 3.05) is 0 Å². The van der Waals surface area contributed by atoms with E-state index in [0.29, 0.717) is 5.56 Å². The molecular weight excluding hydrogens is 246 g/mol. The van der Waals surface area contributed by atoms with E-state index in [1.807, 2.05) is 42.7 Å². The lowest BCUT2D eigenvalue weighted by molar-refractivity contribution is 1.47. The molecule has 0 saturated carbocycles. The topological polar surface area (TPSA) is 55.4 Å². The zero-order valence-electron chi connectivity index (χ0n) is 10.8. The van der Waals surface area contributed by atoms with Gasteiger partial charge < -0.3 is 9.97 Å². The first-order valence-electron chi connectivity index (χ1n) is 6.36. The summed E-state index contributed by atoms with van der Waals surface area (Å²) >= 11 is 0. The summed E-state index contributed by atoms with van der Waals surface area (Å²) in [4.78, 5) is 6.18. The van der Waals surface area contributed by atoms with E-state index < -0.39 is 0 Å². The molecule has 20 heavy (non-hydrogen) atoms. The van der Waals surface area contributed by atoms with Gasteiger partial charge in [-0.25, -0.2) is 0 Å². The molecular formula is C17H13N3. The second kappa shape index (κ2) is 5.33. The van der Waals surface area contributed by atoms with Gasteiger partial charge in [-0.15, -0.1) is 0 Å². The maximum atomic E-state index is 8.57. The fourth-order valence-electron chi connectivity index (χ4n) is 2.12. The number of fused-ring (bicyclic) bond motifs is 2. The van der Waals surface area contributed by atoms with Gasteiger partial charge in [0, 0.05) is 28.8 Å². The van der Waals surface area contributed by atoms with Crippen LogP contribution in [0.3, 0.4) is 0 Å². The van der Waals surface area contributed by atoms with E-state index >= 15 is 0 Å². The van der Waals surface area contributed by atoms with E-state index in [2.05, 4.69) is 34.2 Å². The number of para-hydroxylation sites is 1. The van der Waals surface area contributed by atoms with E-state index in [4.69, 9.17) is 5.26 Å². The van der Waals surface area contributed by atoms with Gasteiger partial charge in [0.15, 0.2) is 0 Å². The Bertz CT molecular complexity index is 847. The van der Waals surface area contributed by atoms with Crippen LogP contribution in [0.25, 0.3) is 21.8 Å². The Balaban J connectivity index is 0.000000123. The van der Waals surface area contributed by atoms with Gasteiger partial charge in [-0.3, -0.25) is 0 Å². The second-order valence-electron chi connectivity index (χ2n) is 4.46. The molecule has 0 aliphatic carbocycles.